The molecule has 4 heterocycles. The lowest BCUT2D eigenvalue weighted by Crippen LogP contribution is -2.63. The van der Waals surface area contributed by atoms with Crippen LogP contribution in [0.1, 0.15) is 54.2 Å². The lowest BCUT2D eigenvalue weighted by atomic mass is 9.42. The van der Waals surface area contributed by atoms with Crippen molar-refractivity contribution in [2.24, 2.45) is 0 Å². The van der Waals surface area contributed by atoms with Gasteiger partial charge in [-0.1, -0.05) is 178 Å². The van der Waals surface area contributed by atoms with E-state index in [0.29, 0.717) is 0 Å². The van der Waals surface area contributed by atoms with E-state index < -0.39 is 5.41 Å². The van der Waals surface area contributed by atoms with Gasteiger partial charge >= 0.3 is 6.85 Å². The zero-order valence-corrected chi connectivity index (χ0v) is 36.3. The van der Waals surface area contributed by atoms with Crippen molar-refractivity contribution in [3.8, 4) is 33.4 Å². The van der Waals surface area contributed by atoms with Crippen molar-refractivity contribution in [3.63, 3.8) is 0 Å². The Morgan fingerprint density at radius 3 is 1.94 bits per heavy atom. The van der Waals surface area contributed by atoms with Crippen molar-refractivity contribution in [3.05, 3.63) is 221 Å². The summed E-state index contributed by atoms with van der Waals surface area (Å²) < 4.78 is 7.15. The molecule has 64 heavy (non-hydrogen) atoms. The summed E-state index contributed by atoms with van der Waals surface area (Å²) in [5, 5.41) is 2.25. The number of benzene rings is 9. The molecule has 9 aromatic carbocycles. The summed E-state index contributed by atoms with van der Waals surface area (Å²) in [5.74, 6) is 0. The predicted molar refractivity (Wildman–Crippen MR) is 267 cm³/mol. The summed E-state index contributed by atoms with van der Waals surface area (Å²) in [7, 11) is 0. The first kappa shape index (κ1) is 36.0. The largest absolute Gasteiger partial charge is 0.454 e. The van der Waals surface area contributed by atoms with Crippen molar-refractivity contribution in [1.29, 1.82) is 0 Å². The van der Waals surface area contributed by atoms with E-state index in [4.69, 9.17) is 4.42 Å². The van der Waals surface area contributed by atoms with Crippen LogP contribution < -0.4 is 20.6 Å². The van der Waals surface area contributed by atoms with Crippen molar-refractivity contribution < 1.29 is 4.42 Å². The molecule has 0 N–H and O–H groups in total. The fourth-order valence-corrected chi connectivity index (χ4v) is 12.2. The number of hydrogen-bond donors (Lipinski definition) is 0. The minimum atomic E-state index is -0.499. The molecule has 1 spiro atoms. The van der Waals surface area contributed by atoms with Crippen LogP contribution in [0.3, 0.4) is 0 Å². The molecule has 4 aliphatic rings. The Morgan fingerprint density at radius 1 is 0.484 bits per heavy atom. The van der Waals surface area contributed by atoms with E-state index in [1.54, 1.807) is 0 Å². The molecule has 0 bridgehead atoms. The first-order chi connectivity index (χ1) is 31.3. The van der Waals surface area contributed by atoms with E-state index in [1.165, 1.54) is 94.7 Å². The molecule has 3 nitrogen and oxygen atoms in total. The summed E-state index contributed by atoms with van der Waals surface area (Å²) in [6, 6.07) is 70.8. The number of fused-ring (bicyclic) bond motifs is 17. The molecule has 3 aliphatic heterocycles. The van der Waals surface area contributed by atoms with Gasteiger partial charge in [0.05, 0.1) is 16.8 Å². The Hall–Kier alpha value is -7.56. The van der Waals surface area contributed by atoms with Gasteiger partial charge in [0.25, 0.3) is 0 Å². The van der Waals surface area contributed by atoms with Crippen LogP contribution in [0.2, 0.25) is 0 Å². The van der Waals surface area contributed by atoms with E-state index in [9.17, 15) is 0 Å². The van der Waals surface area contributed by atoms with Crippen LogP contribution in [0.5, 0.6) is 0 Å². The molecule has 0 amide bonds. The minimum absolute atomic E-state index is 0.0394. The molecule has 0 radical (unpaired) electrons. The Balaban J connectivity index is 1.14. The molecule has 0 atom stereocenters. The fourth-order valence-electron chi connectivity index (χ4n) is 12.2. The monoisotopic (exact) mass is 818 g/mol. The smallest absolute Gasteiger partial charge is 0.333 e. The molecule has 0 unspecified atom stereocenters. The van der Waals surface area contributed by atoms with E-state index in [2.05, 4.69) is 225 Å². The Kier molecular flexibility index (Phi) is 7.05. The maximum atomic E-state index is 7.15. The van der Waals surface area contributed by atoms with E-state index in [0.717, 1.165) is 33.3 Å². The van der Waals surface area contributed by atoms with Gasteiger partial charge in [0.1, 0.15) is 5.58 Å². The van der Waals surface area contributed by atoms with Crippen molar-refractivity contribution in [2.75, 3.05) is 9.71 Å². The summed E-state index contributed by atoms with van der Waals surface area (Å²) in [5.41, 5.74) is 25.2. The molecular formula is C60H43BN2O. The number of furan rings is 1. The van der Waals surface area contributed by atoms with Crippen LogP contribution in [-0.4, -0.2) is 6.85 Å². The van der Waals surface area contributed by atoms with Crippen molar-refractivity contribution in [2.45, 2.75) is 38.5 Å². The number of nitrogens with zero attached hydrogens (tertiary/aromatic N) is 2. The first-order valence-corrected chi connectivity index (χ1v) is 22.6. The summed E-state index contributed by atoms with van der Waals surface area (Å²) in [6.07, 6.45) is 0. The fraction of sp³-hybridized carbons (Fsp3) is 0.100. The van der Waals surface area contributed by atoms with Crippen LogP contribution in [0, 0.1) is 6.92 Å². The molecule has 1 aliphatic carbocycles. The van der Waals surface area contributed by atoms with Gasteiger partial charge < -0.3 is 14.1 Å². The van der Waals surface area contributed by atoms with Gasteiger partial charge in [0.2, 0.25) is 0 Å². The zero-order chi connectivity index (χ0) is 42.6. The van der Waals surface area contributed by atoms with Crippen LogP contribution in [0.15, 0.2) is 192 Å². The Labute approximate surface area is 374 Å². The highest BCUT2D eigenvalue weighted by molar-refractivity contribution is 6.94. The van der Waals surface area contributed by atoms with Crippen LogP contribution in [0.25, 0.3) is 55.3 Å². The van der Waals surface area contributed by atoms with E-state index in [1.807, 2.05) is 0 Å². The quantitative estimate of drug-likeness (QED) is 0.162. The third-order valence-corrected chi connectivity index (χ3v) is 14.8. The third-order valence-electron chi connectivity index (χ3n) is 14.8. The summed E-state index contributed by atoms with van der Waals surface area (Å²) in [6.45, 7) is 9.04. The average molecular weight is 819 g/mol. The molecule has 0 saturated carbocycles. The summed E-state index contributed by atoms with van der Waals surface area (Å²) >= 11 is 0. The lowest BCUT2D eigenvalue weighted by Gasteiger charge is -2.52. The normalized spacial score (nSPS) is 14.6. The highest BCUT2D eigenvalue weighted by Crippen LogP contribution is 2.65. The molecule has 4 heteroatoms. The topological polar surface area (TPSA) is 19.6 Å². The van der Waals surface area contributed by atoms with Crippen LogP contribution in [-0.2, 0) is 10.8 Å². The van der Waals surface area contributed by atoms with Crippen LogP contribution >= 0.6 is 0 Å². The standard InChI is InChI=1S/C60H43BN2O/c1-36-33-45-42-22-16-26-49-56(42)63(52-27-14-13-25-48(52)60(49)46-23-11-8-19-39(46)40-20-9-12-24-47(40)60)61-50-31-30-43-41-21-10-15-28-54(41)64-58(43)57(50)62(53(34-36)55(45)61)51-32-29-38(59(2,3)4)35-44(51)37-17-6-5-7-18-37/h5-35H,1-4H3. The summed E-state index contributed by atoms with van der Waals surface area (Å²) in [4.78, 5) is 5.27. The van der Waals surface area contributed by atoms with Crippen LogP contribution in [0.4, 0.5) is 28.4 Å². The molecule has 1 aromatic heterocycles. The molecule has 14 rings (SSSR count). The highest BCUT2D eigenvalue weighted by atomic mass is 16.3. The van der Waals surface area contributed by atoms with Gasteiger partial charge in [-0.3, -0.25) is 0 Å². The van der Waals surface area contributed by atoms with E-state index >= 15 is 0 Å². The molecule has 302 valence electrons. The molecular weight excluding hydrogens is 775 g/mol. The third kappa shape index (κ3) is 4.47. The number of para-hydroxylation sites is 3. The van der Waals surface area contributed by atoms with Crippen molar-refractivity contribution >= 4 is 68.1 Å². The Morgan fingerprint density at radius 2 is 1.16 bits per heavy atom. The second kappa shape index (κ2) is 12.5. The number of aryl methyl sites for hydroxylation is 1. The predicted octanol–water partition coefficient (Wildman–Crippen LogP) is 14.2. The van der Waals surface area contributed by atoms with Gasteiger partial charge in [-0.2, -0.15) is 0 Å². The van der Waals surface area contributed by atoms with Crippen molar-refractivity contribution in [1.82, 2.24) is 0 Å². The second-order valence-electron chi connectivity index (χ2n) is 19.2. The maximum absolute atomic E-state index is 7.15. The number of anilines is 5. The van der Waals surface area contributed by atoms with Gasteiger partial charge in [0.15, 0.2) is 5.58 Å². The number of hydrogen-bond acceptors (Lipinski definition) is 3. The average Bonchev–Trinajstić information content (AvgIpc) is 3.85. The maximum Gasteiger partial charge on any atom is 0.333 e. The highest BCUT2D eigenvalue weighted by Gasteiger charge is 2.56. The SMILES string of the molecule is Cc1cc2c3c(c1)N(c1ccc(C(C)(C)C)cc1-c1ccccc1)c1c(ccc4c1oc1ccccc14)B3N1c3ccccc3C3(c4ccccc4-c4ccccc43)c3cccc-2c31. The molecule has 0 fully saturated rings. The van der Waals surface area contributed by atoms with Gasteiger partial charge in [-0.15, -0.1) is 0 Å². The Bertz CT molecular complexity index is 3600. The van der Waals surface area contributed by atoms with Gasteiger partial charge in [-0.25, -0.2) is 0 Å². The first-order valence-electron chi connectivity index (χ1n) is 22.6. The molecule has 0 saturated heterocycles. The lowest BCUT2D eigenvalue weighted by molar-refractivity contribution is 0.590. The second-order valence-corrected chi connectivity index (χ2v) is 19.2. The number of rotatable bonds is 2. The minimum Gasteiger partial charge on any atom is -0.454 e. The molecule has 10 aromatic rings. The zero-order valence-electron chi connectivity index (χ0n) is 36.3. The van der Waals surface area contributed by atoms with E-state index in [-0.39, 0.29) is 12.3 Å². The van der Waals surface area contributed by atoms with Gasteiger partial charge in [0, 0.05) is 39.0 Å². The van der Waals surface area contributed by atoms with Gasteiger partial charge in [-0.05, 0) is 109 Å².